The van der Waals surface area contributed by atoms with Crippen LogP contribution in [0.4, 0.5) is 0 Å². The van der Waals surface area contributed by atoms with Crippen molar-refractivity contribution in [1.29, 1.82) is 0 Å². The minimum atomic E-state index is -3.78. The predicted octanol–water partition coefficient (Wildman–Crippen LogP) is 2.80. The van der Waals surface area contributed by atoms with Crippen molar-refractivity contribution in [3.63, 3.8) is 0 Å². The van der Waals surface area contributed by atoms with Crippen molar-refractivity contribution in [2.24, 2.45) is 5.73 Å². The zero-order chi connectivity index (χ0) is 16.0. The maximum absolute atomic E-state index is 12.4. The van der Waals surface area contributed by atoms with Gasteiger partial charge < -0.3 is 10.5 Å². The second-order valence-electron chi connectivity index (χ2n) is 4.61. The van der Waals surface area contributed by atoms with Crippen LogP contribution in [0.25, 0.3) is 0 Å². The van der Waals surface area contributed by atoms with E-state index in [1.54, 1.807) is 0 Å². The highest BCUT2D eigenvalue weighted by molar-refractivity contribution is 7.89. The second kappa shape index (κ2) is 8.19. The Kier molecular flexibility index (Phi) is 7.23. The molecule has 21 heavy (non-hydrogen) atoms. The minimum Gasteiger partial charge on any atom is -0.495 e. The third kappa shape index (κ3) is 5.00. The minimum absolute atomic E-state index is 0.0509. The molecule has 1 aromatic rings. The van der Waals surface area contributed by atoms with Gasteiger partial charge in [-0.25, -0.2) is 13.1 Å². The van der Waals surface area contributed by atoms with E-state index in [0.717, 1.165) is 12.8 Å². The average molecular weight is 355 g/mol. The lowest BCUT2D eigenvalue weighted by Crippen LogP contribution is -2.40. The third-order valence-electron chi connectivity index (χ3n) is 3.01. The van der Waals surface area contributed by atoms with Crippen molar-refractivity contribution in [1.82, 2.24) is 4.72 Å². The smallest absolute Gasteiger partial charge is 0.242 e. The maximum Gasteiger partial charge on any atom is 0.242 e. The summed E-state index contributed by atoms with van der Waals surface area (Å²) in [5, 5.41) is 0.232. The zero-order valence-corrected chi connectivity index (χ0v) is 14.4. The number of hydrogen-bond acceptors (Lipinski definition) is 4. The Morgan fingerprint density at radius 1 is 1.33 bits per heavy atom. The molecule has 0 spiro atoms. The first-order chi connectivity index (χ1) is 9.85. The molecule has 8 heteroatoms. The van der Waals surface area contributed by atoms with Crippen LogP contribution < -0.4 is 15.2 Å². The van der Waals surface area contributed by atoms with Crippen molar-refractivity contribution < 1.29 is 13.2 Å². The van der Waals surface area contributed by atoms with Crippen molar-refractivity contribution in [3.05, 3.63) is 22.2 Å². The van der Waals surface area contributed by atoms with E-state index in [-0.39, 0.29) is 27.5 Å². The Hall–Kier alpha value is -0.530. The van der Waals surface area contributed by atoms with Crippen LogP contribution in [0.5, 0.6) is 5.75 Å². The number of sulfonamides is 1. The molecule has 0 radical (unpaired) electrons. The lowest BCUT2D eigenvalue weighted by atomic mass is 10.1. The van der Waals surface area contributed by atoms with Gasteiger partial charge in [-0.05, 0) is 12.5 Å². The summed E-state index contributed by atoms with van der Waals surface area (Å²) in [6.45, 7) is 2.25. The number of methoxy groups -OCH3 is 1. The lowest BCUT2D eigenvalue weighted by Gasteiger charge is -2.17. The molecule has 0 amide bonds. The molecule has 0 saturated carbocycles. The van der Waals surface area contributed by atoms with Gasteiger partial charge in [0.25, 0.3) is 0 Å². The number of unbranched alkanes of at least 4 members (excludes halogenated alkanes) is 1. The largest absolute Gasteiger partial charge is 0.495 e. The topological polar surface area (TPSA) is 81.4 Å². The highest BCUT2D eigenvalue weighted by Crippen LogP contribution is 2.33. The summed E-state index contributed by atoms with van der Waals surface area (Å²) < 4.78 is 32.3. The van der Waals surface area contributed by atoms with Gasteiger partial charge in [0.1, 0.15) is 10.6 Å². The van der Waals surface area contributed by atoms with Gasteiger partial charge in [-0.1, -0.05) is 43.0 Å². The van der Waals surface area contributed by atoms with E-state index >= 15 is 0 Å². The lowest BCUT2D eigenvalue weighted by molar-refractivity contribution is 0.414. The van der Waals surface area contributed by atoms with E-state index in [1.807, 2.05) is 6.92 Å². The summed E-state index contributed by atoms with van der Waals surface area (Å²) in [5.74, 6) is 0.321. The number of nitrogens with two attached hydrogens (primary N) is 1. The van der Waals surface area contributed by atoms with E-state index in [0.29, 0.717) is 12.2 Å². The zero-order valence-electron chi connectivity index (χ0n) is 12.0. The van der Waals surface area contributed by atoms with E-state index in [2.05, 4.69) is 4.72 Å². The fourth-order valence-corrected chi connectivity index (χ4v) is 3.96. The normalized spacial score (nSPS) is 13.2. The first kappa shape index (κ1) is 18.5. The van der Waals surface area contributed by atoms with Gasteiger partial charge >= 0.3 is 0 Å². The van der Waals surface area contributed by atoms with E-state index in [1.165, 1.54) is 19.2 Å². The summed E-state index contributed by atoms with van der Waals surface area (Å²) in [6.07, 6.45) is 2.53. The highest BCUT2D eigenvalue weighted by atomic mass is 35.5. The monoisotopic (exact) mass is 354 g/mol. The molecule has 0 fully saturated rings. The van der Waals surface area contributed by atoms with Crippen molar-refractivity contribution in [3.8, 4) is 5.75 Å². The Morgan fingerprint density at radius 3 is 2.52 bits per heavy atom. The van der Waals surface area contributed by atoms with E-state index in [4.69, 9.17) is 33.7 Å². The van der Waals surface area contributed by atoms with E-state index in [9.17, 15) is 8.42 Å². The molecule has 0 aliphatic rings. The first-order valence-corrected chi connectivity index (χ1v) is 8.85. The fraction of sp³-hybridized carbons (Fsp3) is 0.538. The summed E-state index contributed by atoms with van der Waals surface area (Å²) in [6, 6.07) is 2.33. The first-order valence-electron chi connectivity index (χ1n) is 6.61. The van der Waals surface area contributed by atoms with Crippen LogP contribution in [0.15, 0.2) is 17.0 Å². The van der Waals surface area contributed by atoms with Gasteiger partial charge in [-0.15, -0.1) is 0 Å². The summed E-state index contributed by atoms with van der Waals surface area (Å²) >= 11 is 12.0. The van der Waals surface area contributed by atoms with Crippen molar-refractivity contribution in [2.45, 2.75) is 37.1 Å². The Labute approximate surface area is 135 Å². The van der Waals surface area contributed by atoms with Crippen LogP contribution in [-0.4, -0.2) is 28.1 Å². The van der Waals surface area contributed by atoms with Gasteiger partial charge in [0.15, 0.2) is 0 Å². The fourth-order valence-electron chi connectivity index (χ4n) is 1.83. The molecule has 0 aromatic heterocycles. The quantitative estimate of drug-likeness (QED) is 0.751. The number of rotatable bonds is 8. The second-order valence-corrected chi connectivity index (χ2v) is 7.11. The molecule has 0 aliphatic carbocycles. The Balaban J connectivity index is 3.04. The summed E-state index contributed by atoms with van der Waals surface area (Å²) in [7, 11) is -2.35. The standard InChI is InChI=1S/C13H20Cl2N2O3S/c1-3-4-5-9(8-16)17-21(18,19)13-7-10(14)12(20-2)6-11(13)15/h6-7,9,17H,3-5,8,16H2,1-2H3. The van der Waals surface area contributed by atoms with Crippen LogP contribution in [-0.2, 0) is 10.0 Å². The molecule has 1 rings (SSSR count). The number of nitrogens with one attached hydrogen (secondary N) is 1. The van der Waals surface area contributed by atoms with Gasteiger partial charge in [-0.2, -0.15) is 0 Å². The van der Waals surface area contributed by atoms with Crippen LogP contribution >= 0.6 is 23.2 Å². The number of halogens is 2. The van der Waals surface area contributed by atoms with Crippen molar-refractivity contribution in [2.75, 3.05) is 13.7 Å². The van der Waals surface area contributed by atoms with Gasteiger partial charge in [0.05, 0.1) is 17.2 Å². The molecule has 0 aliphatic heterocycles. The molecule has 0 bridgehead atoms. The Bertz CT molecular complexity index is 579. The molecule has 1 unspecified atom stereocenters. The molecule has 0 heterocycles. The molecular formula is C13H20Cl2N2O3S. The molecule has 1 aromatic carbocycles. The molecule has 120 valence electrons. The summed E-state index contributed by atoms with van der Waals surface area (Å²) in [5.41, 5.74) is 5.61. The van der Waals surface area contributed by atoms with Gasteiger partial charge in [0, 0.05) is 18.7 Å². The van der Waals surface area contributed by atoms with Crippen molar-refractivity contribution >= 4 is 33.2 Å². The van der Waals surface area contributed by atoms with Crippen LogP contribution in [0.1, 0.15) is 26.2 Å². The van der Waals surface area contributed by atoms with Gasteiger partial charge in [-0.3, -0.25) is 0 Å². The number of hydrogen-bond donors (Lipinski definition) is 2. The molecular weight excluding hydrogens is 335 g/mol. The SMILES string of the molecule is CCCCC(CN)NS(=O)(=O)c1cc(Cl)c(OC)cc1Cl. The number of benzene rings is 1. The molecule has 3 N–H and O–H groups in total. The van der Waals surface area contributed by atoms with Gasteiger partial charge in [0.2, 0.25) is 10.0 Å². The highest BCUT2D eigenvalue weighted by Gasteiger charge is 2.23. The maximum atomic E-state index is 12.4. The molecule has 1 atom stereocenters. The predicted molar refractivity (Wildman–Crippen MR) is 85.7 cm³/mol. The third-order valence-corrected chi connectivity index (χ3v) is 5.29. The molecule has 5 nitrogen and oxygen atoms in total. The van der Waals surface area contributed by atoms with E-state index < -0.39 is 10.0 Å². The molecule has 0 saturated heterocycles. The van der Waals surface area contributed by atoms with Crippen LogP contribution in [0.3, 0.4) is 0 Å². The van der Waals surface area contributed by atoms with Crippen LogP contribution in [0, 0.1) is 0 Å². The number of ether oxygens (including phenoxy) is 1. The average Bonchev–Trinajstić information content (AvgIpc) is 2.45. The summed E-state index contributed by atoms with van der Waals surface area (Å²) in [4.78, 5) is -0.0788. The Morgan fingerprint density at radius 2 is 2.00 bits per heavy atom. The van der Waals surface area contributed by atoms with Crippen LogP contribution in [0.2, 0.25) is 10.0 Å².